The Balaban J connectivity index is 2.90. The number of carbonyl (C=O) groups is 2. The van der Waals surface area contributed by atoms with Crippen LogP contribution >= 0.6 is 0 Å². The van der Waals surface area contributed by atoms with E-state index in [0.717, 1.165) is 16.7 Å². The molecular formula is C17H26N2O4. The molecule has 1 aromatic rings. The Labute approximate surface area is 137 Å². The summed E-state index contributed by atoms with van der Waals surface area (Å²) in [7, 11) is 3.02. The Hall–Kier alpha value is -2.08. The molecule has 0 aromatic heterocycles. The van der Waals surface area contributed by atoms with Gasteiger partial charge in [0.15, 0.2) is 0 Å². The normalized spacial score (nSPS) is 11.0. The van der Waals surface area contributed by atoms with Gasteiger partial charge in [-0.3, -0.25) is 4.79 Å². The van der Waals surface area contributed by atoms with Crippen molar-refractivity contribution in [2.24, 2.45) is 5.73 Å². The molecule has 0 aliphatic heterocycles. The topological polar surface area (TPSA) is 81.9 Å². The van der Waals surface area contributed by atoms with Gasteiger partial charge in [0.05, 0.1) is 13.5 Å². The van der Waals surface area contributed by atoms with Crippen LogP contribution < -0.4 is 5.73 Å². The van der Waals surface area contributed by atoms with Crippen LogP contribution in [0.4, 0.5) is 4.79 Å². The third-order valence-electron chi connectivity index (χ3n) is 3.18. The van der Waals surface area contributed by atoms with E-state index >= 15 is 0 Å². The van der Waals surface area contributed by atoms with E-state index in [1.165, 1.54) is 12.0 Å². The molecule has 23 heavy (non-hydrogen) atoms. The van der Waals surface area contributed by atoms with Crippen LogP contribution in [0, 0.1) is 0 Å². The molecule has 6 nitrogen and oxygen atoms in total. The van der Waals surface area contributed by atoms with Gasteiger partial charge in [-0.2, -0.15) is 0 Å². The highest BCUT2D eigenvalue weighted by Gasteiger charge is 2.20. The molecule has 0 heterocycles. The number of benzene rings is 1. The van der Waals surface area contributed by atoms with Gasteiger partial charge in [0.2, 0.25) is 0 Å². The number of nitrogens with two attached hydrogens (primary N) is 1. The van der Waals surface area contributed by atoms with Gasteiger partial charge in [-0.25, -0.2) is 4.79 Å². The molecule has 0 radical (unpaired) electrons. The lowest BCUT2D eigenvalue weighted by atomic mass is 10.0. The quantitative estimate of drug-likeness (QED) is 0.841. The van der Waals surface area contributed by atoms with Crippen molar-refractivity contribution in [3.05, 3.63) is 34.9 Å². The van der Waals surface area contributed by atoms with Gasteiger partial charge in [0.1, 0.15) is 5.60 Å². The molecule has 1 aromatic carbocycles. The highest BCUT2D eigenvalue weighted by Crippen LogP contribution is 2.17. The molecule has 0 saturated carbocycles. The fraction of sp³-hybridized carbons (Fsp3) is 0.529. The van der Waals surface area contributed by atoms with Crippen LogP contribution in [0.25, 0.3) is 0 Å². The summed E-state index contributed by atoms with van der Waals surface area (Å²) in [6.07, 6.45) is -0.219. The third-order valence-corrected chi connectivity index (χ3v) is 3.18. The van der Waals surface area contributed by atoms with Crippen molar-refractivity contribution in [3.63, 3.8) is 0 Å². The smallest absolute Gasteiger partial charge is 0.410 e. The fourth-order valence-corrected chi connectivity index (χ4v) is 2.03. The predicted molar refractivity (Wildman–Crippen MR) is 87.8 cm³/mol. The Kier molecular flexibility index (Phi) is 6.57. The first-order valence-electron chi connectivity index (χ1n) is 7.48. The molecule has 2 N–H and O–H groups in total. The monoisotopic (exact) mass is 322 g/mol. The Morgan fingerprint density at radius 3 is 2.39 bits per heavy atom. The summed E-state index contributed by atoms with van der Waals surface area (Å²) in [5.41, 5.74) is 7.85. The van der Waals surface area contributed by atoms with E-state index in [0.29, 0.717) is 13.1 Å². The van der Waals surface area contributed by atoms with Crippen LogP contribution in [0.1, 0.15) is 37.5 Å². The number of methoxy groups -OCH3 is 1. The minimum absolute atomic E-state index is 0.185. The SMILES string of the molecule is COC(=O)Cc1ccc(CN)c(CN(C)C(=O)OC(C)(C)C)c1. The van der Waals surface area contributed by atoms with Crippen LogP contribution in [-0.4, -0.2) is 36.7 Å². The van der Waals surface area contributed by atoms with E-state index in [-0.39, 0.29) is 12.4 Å². The van der Waals surface area contributed by atoms with Crippen molar-refractivity contribution in [1.82, 2.24) is 4.90 Å². The van der Waals surface area contributed by atoms with Crippen molar-refractivity contribution in [2.75, 3.05) is 14.2 Å². The van der Waals surface area contributed by atoms with Crippen LogP contribution in [-0.2, 0) is 33.8 Å². The van der Waals surface area contributed by atoms with Gasteiger partial charge in [0.25, 0.3) is 0 Å². The standard InChI is InChI=1S/C17H26N2O4/c1-17(2,3)23-16(21)19(4)11-14-8-12(9-15(20)22-5)6-7-13(14)10-18/h6-8H,9-11,18H2,1-5H3. The maximum absolute atomic E-state index is 12.1. The molecular weight excluding hydrogens is 296 g/mol. The number of amides is 1. The molecule has 0 spiro atoms. The van der Waals surface area contributed by atoms with Crippen LogP contribution in [0.2, 0.25) is 0 Å². The zero-order valence-corrected chi connectivity index (χ0v) is 14.5. The molecule has 6 heteroatoms. The summed E-state index contributed by atoms with van der Waals surface area (Å²) < 4.78 is 10.0. The maximum Gasteiger partial charge on any atom is 0.410 e. The van der Waals surface area contributed by atoms with Crippen molar-refractivity contribution in [3.8, 4) is 0 Å². The summed E-state index contributed by atoms with van der Waals surface area (Å²) in [5, 5.41) is 0. The third kappa shape index (κ3) is 6.28. The van der Waals surface area contributed by atoms with E-state index in [1.807, 2.05) is 39.0 Å². The second-order valence-electron chi connectivity index (χ2n) is 6.40. The highest BCUT2D eigenvalue weighted by molar-refractivity contribution is 5.72. The number of nitrogens with zero attached hydrogens (tertiary/aromatic N) is 1. The largest absolute Gasteiger partial charge is 0.469 e. The first kappa shape index (κ1) is 19.0. The number of hydrogen-bond acceptors (Lipinski definition) is 5. The predicted octanol–water partition coefficient (Wildman–Crippen LogP) is 2.23. The van der Waals surface area contributed by atoms with Crippen molar-refractivity contribution in [2.45, 2.75) is 45.9 Å². The lowest BCUT2D eigenvalue weighted by molar-refractivity contribution is -0.139. The van der Waals surface area contributed by atoms with Gasteiger partial charge in [-0.1, -0.05) is 18.2 Å². The van der Waals surface area contributed by atoms with E-state index in [2.05, 4.69) is 4.74 Å². The number of rotatable bonds is 5. The molecule has 0 atom stereocenters. The zero-order chi connectivity index (χ0) is 17.6. The minimum Gasteiger partial charge on any atom is -0.469 e. The maximum atomic E-state index is 12.1. The van der Waals surface area contributed by atoms with Crippen LogP contribution in [0.3, 0.4) is 0 Å². The Morgan fingerprint density at radius 1 is 1.22 bits per heavy atom. The van der Waals surface area contributed by atoms with E-state index < -0.39 is 11.7 Å². The molecule has 0 bridgehead atoms. The average Bonchev–Trinajstić information content (AvgIpc) is 2.45. The van der Waals surface area contributed by atoms with Crippen molar-refractivity contribution in [1.29, 1.82) is 0 Å². The lowest BCUT2D eigenvalue weighted by Gasteiger charge is -2.25. The number of ether oxygens (including phenoxy) is 2. The Bertz CT molecular complexity index is 564. The van der Waals surface area contributed by atoms with Crippen molar-refractivity contribution < 1.29 is 19.1 Å². The Morgan fingerprint density at radius 2 is 1.87 bits per heavy atom. The number of carbonyl (C=O) groups excluding carboxylic acids is 2. The second kappa shape index (κ2) is 7.97. The molecule has 1 amide bonds. The van der Waals surface area contributed by atoms with Crippen LogP contribution in [0.5, 0.6) is 0 Å². The molecule has 128 valence electrons. The molecule has 0 fully saturated rings. The number of hydrogen-bond donors (Lipinski definition) is 1. The molecule has 0 aliphatic rings. The molecule has 0 saturated heterocycles. The van der Waals surface area contributed by atoms with Gasteiger partial charge in [-0.15, -0.1) is 0 Å². The molecule has 0 aliphatic carbocycles. The number of esters is 1. The lowest BCUT2D eigenvalue weighted by Crippen LogP contribution is -2.34. The highest BCUT2D eigenvalue weighted by atomic mass is 16.6. The minimum atomic E-state index is -0.547. The summed E-state index contributed by atoms with van der Waals surface area (Å²) in [5.74, 6) is -0.308. The summed E-state index contributed by atoms with van der Waals surface area (Å²) in [6, 6.07) is 5.59. The van der Waals surface area contributed by atoms with E-state index in [1.54, 1.807) is 7.05 Å². The summed E-state index contributed by atoms with van der Waals surface area (Å²) in [4.78, 5) is 25.0. The van der Waals surface area contributed by atoms with E-state index in [9.17, 15) is 9.59 Å². The molecule has 0 unspecified atom stereocenters. The fourth-order valence-electron chi connectivity index (χ4n) is 2.03. The van der Waals surface area contributed by atoms with E-state index in [4.69, 9.17) is 10.5 Å². The summed E-state index contributed by atoms with van der Waals surface area (Å²) in [6.45, 7) is 6.18. The van der Waals surface area contributed by atoms with Gasteiger partial charge in [0, 0.05) is 20.1 Å². The first-order chi connectivity index (χ1) is 10.7. The zero-order valence-electron chi connectivity index (χ0n) is 14.5. The molecule has 1 rings (SSSR count). The first-order valence-corrected chi connectivity index (χ1v) is 7.48. The van der Waals surface area contributed by atoms with Gasteiger partial charge < -0.3 is 20.1 Å². The van der Waals surface area contributed by atoms with Crippen LogP contribution in [0.15, 0.2) is 18.2 Å². The van der Waals surface area contributed by atoms with Crippen molar-refractivity contribution >= 4 is 12.1 Å². The van der Waals surface area contributed by atoms with Gasteiger partial charge in [-0.05, 0) is 37.5 Å². The summed E-state index contributed by atoms with van der Waals surface area (Å²) >= 11 is 0. The average molecular weight is 322 g/mol. The second-order valence-corrected chi connectivity index (χ2v) is 6.40. The van der Waals surface area contributed by atoms with Gasteiger partial charge >= 0.3 is 12.1 Å².